The predicted molar refractivity (Wildman–Crippen MR) is 50.8 cm³/mol. The van der Waals surface area contributed by atoms with Gasteiger partial charge in [0, 0.05) is 16.2 Å². The minimum Gasteiger partial charge on any atom is -0.258 e. The van der Waals surface area contributed by atoms with E-state index in [-0.39, 0.29) is 0 Å². The largest absolute Gasteiger partial charge is 0.276 e. The first-order valence-electron chi connectivity index (χ1n) is 3.74. The third kappa shape index (κ3) is 2.12. The monoisotopic (exact) mass is 271 g/mol. The molecule has 1 aromatic carbocycles. The van der Waals surface area contributed by atoms with Crippen LogP contribution in [0.15, 0.2) is 11.0 Å². The SMILES string of the molecule is Cc1c([N+](=O)[O-])cc(F)c(F)c1S(=O)(=O)Cl. The summed E-state index contributed by atoms with van der Waals surface area (Å²) in [4.78, 5) is 8.21. The molecule has 0 aliphatic rings. The van der Waals surface area contributed by atoms with Crippen molar-refractivity contribution in [1.82, 2.24) is 0 Å². The molecule has 0 unspecified atom stereocenters. The van der Waals surface area contributed by atoms with Gasteiger partial charge in [0.15, 0.2) is 11.6 Å². The number of nitrogens with zero attached hydrogens (tertiary/aromatic N) is 1. The van der Waals surface area contributed by atoms with Crippen LogP contribution in [0, 0.1) is 28.7 Å². The molecule has 0 heterocycles. The molecule has 0 N–H and O–H groups in total. The molecule has 0 aliphatic carbocycles. The number of nitro benzene ring substituents is 1. The lowest BCUT2D eigenvalue weighted by Gasteiger charge is -2.05. The summed E-state index contributed by atoms with van der Waals surface area (Å²) >= 11 is 0. The zero-order chi connectivity index (χ0) is 12.7. The van der Waals surface area contributed by atoms with Crippen LogP contribution in [0.4, 0.5) is 14.5 Å². The molecule has 0 radical (unpaired) electrons. The van der Waals surface area contributed by atoms with E-state index in [2.05, 4.69) is 0 Å². The van der Waals surface area contributed by atoms with Gasteiger partial charge in [-0.25, -0.2) is 17.2 Å². The van der Waals surface area contributed by atoms with Crippen molar-refractivity contribution < 1.29 is 22.1 Å². The van der Waals surface area contributed by atoms with Gasteiger partial charge in [-0.15, -0.1) is 0 Å². The van der Waals surface area contributed by atoms with Gasteiger partial charge in [0.1, 0.15) is 4.90 Å². The molecular weight excluding hydrogens is 268 g/mol. The Balaban J connectivity index is 3.80. The van der Waals surface area contributed by atoms with Gasteiger partial charge in [-0.05, 0) is 6.92 Å². The zero-order valence-electron chi connectivity index (χ0n) is 7.70. The fourth-order valence-corrected chi connectivity index (χ4v) is 2.49. The molecule has 0 bridgehead atoms. The van der Waals surface area contributed by atoms with Crippen molar-refractivity contribution in [3.63, 3.8) is 0 Å². The summed E-state index contributed by atoms with van der Waals surface area (Å²) < 4.78 is 47.9. The molecule has 0 fully saturated rings. The van der Waals surface area contributed by atoms with Gasteiger partial charge in [-0.2, -0.15) is 0 Å². The topological polar surface area (TPSA) is 77.3 Å². The fourth-order valence-electron chi connectivity index (χ4n) is 1.16. The fraction of sp³-hybridized carbons (Fsp3) is 0.143. The van der Waals surface area contributed by atoms with E-state index >= 15 is 0 Å². The molecule has 0 saturated carbocycles. The second-order valence-corrected chi connectivity index (χ2v) is 5.34. The summed E-state index contributed by atoms with van der Waals surface area (Å²) in [6.45, 7) is 0.968. The van der Waals surface area contributed by atoms with Crippen LogP contribution in [0.2, 0.25) is 0 Å². The minimum atomic E-state index is -4.59. The van der Waals surface area contributed by atoms with Gasteiger partial charge in [-0.3, -0.25) is 10.1 Å². The van der Waals surface area contributed by atoms with Crippen molar-refractivity contribution in [2.24, 2.45) is 0 Å². The highest BCUT2D eigenvalue weighted by Gasteiger charge is 2.29. The van der Waals surface area contributed by atoms with E-state index in [1.54, 1.807) is 0 Å². The average Bonchev–Trinajstić information content (AvgIpc) is 2.08. The highest BCUT2D eigenvalue weighted by Crippen LogP contribution is 2.31. The summed E-state index contributed by atoms with van der Waals surface area (Å²) in [5.41, 5.74) is -1.39. The van der Waals surface area contributed by atoms with Crippen LogP contribution in [0.3, 0.4) is 0 Å². The van der Waals surface area contributed by atoms with Gasteiger partial charge >= 0.3 is 0 Å². The Kier molecular flexibility index (Phi) is 3.15. The first kappa shape index (κ1) is 12.8. The van der Waals surface area contributed by atoms with Crippen LogP contribution in [0.25, 0.3) is 0 Å². The van der Waals surface area contributed by atoms with Gasteiger partial charge in [0.2, 0.25) is 0 Å². The normalized spacial score (nSPS) is 11.5. The van der Waals surface area contributed by atoms with Gasteiger partial charge in [0.05, 0.1) is 11.0 Å². The highest BCUT2D eigenvalue weighted by atomic mass is 35.7. The lowest BCUT2D eigenvalue weighted by molar-refractivity contribution is -0.385. The summed E-state index contributed by atoms with van der Waals surface area (Å²) in [5, 5.41) is 10.4. The molecule has 0 amide bonds. The summed E-state index contributed by atoms with van der Waals surface area (Å²) in [6, 6.07) is 0.302. The van der Waals surface area contributed by atoms with E-state index in [9.17, 15) is 27.3 Å². The maximum atomic E-state index is 13.1. The van der Waals surface area contributed by atoms with Gasteiger partial charge in [0.25, 0.3) is 14.7 Å². The van der Waals surface area contributed by atoms with Crippen LogP contribution >= 0.6 is 10.7 Å². The number of nitro groups is 1. The van der Waals surface area contributed by atoms with Crippen molar-refractivity contribution >= 4 is 25.4 Å². The van der Waals surface area contributed by atoms with E-state index in [1.165, 1.54) is 0 Å². The maximum Gasteiger partial charge on any atom is 0.276 e. The van der Waals surface area contributed by atoms with Crippen molar-refractivity contribution in [3.8, 4) is 0 Å². The Labute approximate surface area is 93.2 Å². The molecule has 9 heteroatoms. The Morgan fingerprint density at radius 3 is 2.31 bits per heavy atom. The Bertz CT molecular complexity index is 572. The standard InChI is InChI=1S/C7H4ClF2NO4S/c1-3-5(11(12)13)2-4(9)6(10)7(3)16(8,14)15/h2H,1H3. The van der Waals surface area contributed by atoms with E-state index in [0.717, 1.165) is 6.92 Å². The first-order valence-corrected chi connectivity index (χ1v) is 6.05. The Morgan fingerprint density at radius 2 is 1.94 bits per heavy atom. The summed E-state index contributed by atoms with van der Waals surface area (Å²) in [7, 11) is 0.271. The molecule has 0 saturated heterocycles. The van der Waals surface area contributed by atoms with E-state index in [4.69, 9.17) is 10.7 Å². The number of hydrogen-bond acceptors (Lipinski definition) is 4. The second kappa shape index (κ2) is 3.95. The third-order valence-corrected chi connectivity index (χ3v) is 3.27. The smallest absolute Gasteiger partial charge is 0.258 e. The molecule has 0 aromatic heterocycles. The van der Waals surface area contributed by atoms with Crippen LogP contribution in [-0.4, -0.2) is 13.3 Å². The van der Waals surface area contributed by atoms with Gasteiger partial charge < -0.3 is 0 Å². The van der Waals surface area contributed by atoms with E-state index in [1.807, 2.05) is 0 Å². The zero-order valence-corrected chi connectivity index (χ0v) is 9.27. The molecule has 1 aromatic rings. The molecule has 1 rings (SSSR count). The van der Waals surface area contributed by atoms with Crippen LogP contribution in [0.1, 0.15) is 5.56 Å². The van der Waals surface area contributed by atoms with E-state index in [0.29, 0.717) is 6.07 Å². The van der Waals surface area contributed by atoms with Crippen LogP contribution in [0.5, 0.6) is 0 Å². The Hall–Kier alpha value is -1.28. The molecule has 5 nitrogen and oxygen atoms in total. The first-order chi connectivity index (χ1) is 7.16. The second-order valence-electron chi connectivity index (χ2n) is 2.84. The molecule has 16 heavy (non-hydrogen) atoms. The number of halogens is 3. The molecule has 88 valence electrons. The van der Waals surface area contributed by atoms with Crippen molar-refractivity contribution in [1.29, 1.82) is 0 Å². The van der Waals surface area contributed by atoms with Crippen LogP contribution < -0.4 is 0 Å². The predicted octanol–water partition coefficient (Wildman–Crippen LogP) is 2.11. The van der Waals surface area contributed by atoms with Crippen molar-refractivity contribution in [2.75, 3.05) is 0 Å². The minimum absolute atomic E-state index is 0.302. The number of rotatable bonds is 2. The van der Waals surface area contributed by atoms with Crippen molar-refractivity contribution in [2.45, 2.75) is 11.8 Å². The third-order valence-electron chi connectivity index (χ3n) is 1.84. The van der Waals surface area contributed by atoms with Crippen molar-refractivity contribution in [3.05, 3.63) is 33.4 Å². The molecule has 0 spiro atoms. The number of benzene rings is 1. The molecular formula is C7H4ClF2NO4S. The summed E-state index contributed by atoms with van der Waals surface area (Å²) in [5.74, 6) is -3.37. The van der Waals surface area contributed by atoms with E-state index < -0.39 is 41.8 Å². The average molecular weight is 272 g/mol. The quantitative estimate of drug-likeness (QED) is 0.469. The maximum absolute atomic E-state index is 13.1. The Morgan fingerprint density at radius 1 is 1.44 bits per heavy atom. The molecule has 0 aliphatic heterocycles. The van der Waals surface area contributed by atoms with Crippen LogP contribution in [-0.2, 0) is 9.05 Å². The lowest BCUT2D eigenvalue weighted by Crippen LogP contribution is -2.05. The molecule has 0 atom stereocenters. The summed E-state index contributed by atoms with van der Waals surface area (Å²) in [6.07, 6.45) is 0. The number of hydrogen-bond donors (Lipinski definition) is 0. The highest BCUT2D eigenvalue weighted by molar-refractivity contribution is 8.13. The van der Waals surface area contributed by atoms with Gasteiger partial charge in [-0.1, -0.05) is 0 Å². The lowest BCUT2D eigenvalue weighted by atomic mass is 10.2.